The minimum atomic E-state index is 0.692. The summed E-state index contributed by atoms with van der Waals surface area (Å²) >= 11 is 0. The van der Waals surface area contributed by atoms with E-state index in [0.717, 1.165) is 30.7 Å². The van der Waals surface area contributed by atoms with Crippen LogP contribution in [0.2, 0.25) is 0 Å². The van der Waals surface area contributed by atoms with Gasteiger partial charge in [-0.25, -0.2) is 0 Å². The molecule has 0 saturated heterocycles. The molecule has 1 heterocycles. The van der Waals surface area contributed by atoms with Gasteiger partial charge < -0.3 is 5.32 Å². The summed E-state index contributed by atoms with van der Waals surface area (Å²) in [6, 6.07) is 0.795. The highest BCUT2D eigenvalue weighted by Gasteiger charge is 2.28. The molecule has 3 rings (SSSR count). The van der Waals surface area contributed by atoms with Crippen molar-refractivity contribution in [2.24, 2.45) is 18.9 Å². The SMILES string of the molecule is Cn1nnc(CC(CNC2CC2)C2CCCC2)n1. The Bertz CT molecular complexity index is 378. The number of aromatic nitrogens is 4. The van der Waals surface area contributed by atoms with Gasteiger partial charge in [-0.1, -0.05) is 25.7 Å². The number of nitrogens with zero attached hydrogens (tertiary/aromatic N) is 4. The molecule has 1 atom stereocenters. The van der Waals surface area contributed by atoms with Crippen molar-refractivity contribution in [2.45, 2.75) is 51.0 Å². The zero-order valence-electron chi connectivity index (χ0n) is 11.2. The topological polar surface area (TPSA) is 55.6 Å². The first-order valence-corrected chi connectivity index (χ1v) is 7.27. The highest BCUT2D eigenvalue weighted by Crippen LogP contribution is 2.33. The van der Waals surface area contributed by atoms with Crippen molar-refractivity contribution in [1.29, 1.82) is 0 Å². The lowest BCUT2D eigenvalue weighted by Crippen LogP contribution is -2.30. The lowest BCUT2D eigenvalue weighted by Gasteiger charge is -2.22. The van der Waals surface area contributed by atoms with Crippen LogP contribution in [0.5, 0.6) is 0 Å². The van der Waals surface area contributed by atoms with E-state index in [0.29, 0.717) is 5.92 Å². The predicted octanol–water partition coefficient (Wildman–Crippen LogP) is 1.31. The van der Waals surface area contributed by atoms with Crippen LogP contribution in [0.15, 0.2) is 0 Å². The van der Waals surface area contributed by atoms with Gasteiger partial charge >= 0.3 is 0 Å². The van der Waals surface area contributed by atoms with Crippen LogP contribution in [-0.2, 0) is 13.5 Å². The lowest BCUT2D eigenvalue weighted by molar-refractivity contribution is 0.315. The summed E-state index contributed by atoms with van der Waals surface area (Å²) < 4.78 is 0. The second-order valence-corrected chi connectivity index (χ2v) is 5.89. The molecule has 0 bridgehead atoms. The van der Waals surface area contributed by atoms with Gasteiger partial charge in [0.05, 0.1) is 7.05 Å². The zero-order valence-corrected chi connectivity index (χ0v) is 11.2. The summed E-state index contributed by atoms with van der Waals surface area (Å²) in [6.07, 6.45) is 9.28. The molecule has 2 fully saturated rings. The molecule has 0 amide bonds. The number of hydrogen-bond donors (Lipinski definition) is 1. The fraction of sp³-hybridized carbons (Fsp3) is 0.923. The van der Waals surface area contributed by atoms with E-state index >= 15 is 0 Å². The maximum atomic E-state index is 4.33. The summed E-state index contributed by atoms with van der Waals surface area (Å²) in [5.41, 5.74) is 0. The van der Waals surface area contributed by atoms with Gasteiger partial charge in [0.2, 0.25) is 0 Å². The number of rotatable bonds is 6. The molecule has 1 unspecified atom stereocenters. The van der Waals surface area contributed by atoms with E-state index in [-0.39, 0.29) is 0 Å². The molecule has 0 radical (unpaired) electrons. The molecule has 1 aromatic rings. The molecule has 2 aliphatic carbocycles. The summed E-state index contributed by atoms with van der Waals surface area (Å²) in [5.74, 6) is 2.46. The normalized spacial score (nSPS) is 22.5. The summed E-state index contributed by atoms with van der Waals surface area (Å²) in [6.45, 7) is 1.13. The van der Waals surface area contributed by atoms with E-state index in [1.54, 1.807) is 4.80 Å². The van der Waals surface area contributed by atoms with Crippen LogP contribution in [0, 0.1) is 11.8 Å². The van der Waals surface area contributed by atoms with Gasteiger partial charge in [0.15, 0.2) is 5.82 Å². The average molecular weight is 249 g/mol. The lowest BCUT2D eigenvalue weighted by atomic mass is 9.88. The summed E-state index contributed by atoms with van der Waals surface area (Å²) in [5, 5.41) is 16.1. The van der Waals surface area contributed by atoms with Crippen molar-refractivity contribution >= 4 is 0 Å². The minimum Gasteiger partial charge on any atom is -0.314 e. The molecule has 5 nitrogen and oxygen atoms in total. The molecular formula is C13H23N5. The monoisotopic (exact) mass is 249 g/mol. The first-order valence-electron chi connectivity index (χ1n) is 7.27. The molecule has 5 heteroatoms. The zero-order chi connectivity index (χ0) is 12.4. The van der Waals surface area contributed by atoms with Crippen molar-refractivity contribution in [3.8, 4) is 0 Å². The van der Waals surface area contributed by atoms with Crippen LogP contribution < -0.4 is 5.32 Å². The van der Waals surface area contributed by atoms with Crippen molar-refractivity contribution in [3.05, 3.63) is 5.82 Å². The average Bonchev–Trinajstić information content (AvgIpc) is 2.86. The largest absolute Gasteiger partial charge is 0.314 e. The second-order valence-electron chi connectivity index (χ2n) is 5.89. The maximum Gasteiger partial charge on any atom is 0.175 e. The number of hydrogen-bond acceptors (Lipinski definition) is 4. The molecule has 1 N–H and O–H groups in total. The van der Waals surface area contributed by atoms with Crippen LogP contribution >= 0.6 is 0 Å². The maximum absolute atomic E-state index is 4.33. The van der Waals surface area contributed by atoms with E-state index in [1.807, 2.05) is 7.05 Å². The van der Waals surface area contributed by atoms with Gasteiger partial charge in [0.25, 0.3) is 0 Å². The van der Waals surface area contributed by atoms with Gasteiger partial charge in [0.1, 0.15) is 0 Å². The molecule has 2 aliphatic rings. The van der Waals surface area contributed by atoms with E-state index in [4.69, 9.17) is 0 Å². The van der Waals surface area contributed by atoms with Crippen LogP contribution in [0.25, 0.3) is 0 Å². The third-order valence-corrected chi connectivity index (χ3v) is 4.31. The van der Waals surface area contributed by atoms with Crippen LogP contribution in [0.1, 0.15) is 44.3 Å². The third-order valence-electron chi connectivity index (χ3n) is 4.31. The van der Waals surface area contributed by atoms with E-state index < -0.39 is 0 Å². The van der Waals surface area contributed by atoms with Gasteiger partial charge in [-0.05, 0) is 36.4 Å². The van der Waals surface area contributed by atoms with Crippen LogP contribution in [0.4, 0.5) is 0 Å². The minimum absolute atomic E-state index is 0.692. The third kappa shape index (κ3) is 3.07. The van der Waals surface area contributed by atoms with Crippen molar-refractivity contribution in [2.75, 3.05) is 6.54 Å². The fourth-order valence-electron chi connectivity index (χ4n) is 3.08. The molecular weight excluding hydrogens is 226 g/mol. The Balaban J connectivity index is 1.59. The second kappa shape index (κ2) is 5.34. The number of nitrogens with one attached hydrogen (secondary N) is 1. The Morgan fingerprint density at radius 3 is 2.67 bits per heavy atom. The van der Waals surface area contributed by atoms with Gasteiger partial charge in [-0.2, -0.15) is 4.80 Å². The Morgan fingerprint density at radius 2 is 2.06 bits per heavy atom. The highest BCUT2D eigenvalue weighted by atomic mass is 15.6. The van der Waals surface area contributed by atoms with Crippen molar-refractivity contribution < 1.29 is 0 Å². The van der Waals surface area contributed by atoms with Crippen molar-refractivity contribution in [3.63, 3.8) is 0 Å². The Hall–Kier alpha value is -0.970. The van der Waals surface area contributed by atoms with Crippen LogP contribution in [0.3, 0.4) is 0 Å². The smallest absolute Gasteiger partial charge is 0.175 e. The molecule has 0 aromatic carbocycles. The fourth-order valence-corrected chi connectivity index (χ4v) is 3.08. The summed E-state index contributed by atoms with van der Waals surface area (Å²) in [7, 11) is 1.84. The molecule has 18 heavy (non-hydrogen) atoms. The number of tetrazole rings is 1. The van der Waals surface area contributed by atoms with E-state index in [2.05, 4.69) is 20.7 Å². The Labute approximate surface area is 108 Å². The molecule has 0 aliphatic heterocycles. The van der Waals surface area contributed by atoms with Gasteiger partial charge in [-0.15, -0.1) is 10.2 Å². The Morgan fingerprint density at radius 1 is 1.28 bits per heavy atom. The summed E-state index contributed by atoms with van der Waals surface area (Å²) in [4.78, 5) is 1.56. The first-order chi connectivity index (χ1) is 8.81. The standard InChI is InChI=1S/C13H23N5/c1-18-16-13(15-17-18)8-11(9-14-12-6-7-12)10-4-2-3-5-10/h10-12,14H,2-9H2,1H3. The number of aryl methyl sites for hydroxylation is 1. The molecule has 0 spiro atoms. The van der Waals surface area contributed by atoms with Gasteiger partial charge in [0, 0.05) is 12.5 Å². The molecule has 1 aromatic heterocycles. The molecule has 2 saturated carbocycles. The highest BCUT2D eigenvalue weighted by molar-refractivity contribution is 4.89. The first kappa shape index (κ1) is 12.1. The quantitative estimate of drug-likeness (QED) is 0.826. The predicted molar refractivity (Wildman–Crippen MR) is 69.0 cm³/mol. The van der Waals surface area contributed by atoms with Crippen molar-refractivity contribution in [1.82, 2.24) is 25.5 Å². The Kier molecular flexibility index (Phi) is 3.59. The van der Waals surface area contributed by atoms with E-state index in [9.17, 15) is 0 Å². The molecule has 100 valence electrons. The van der Waals surface area contributed by atoms with E-state index in [1.165, 1.54) is 38.5 Å². The van der Waals surface area contributed by atoms with Crippen LogP contribution in [-0.4, -0.2) is 32.8 Å². The van der Waals surface area contributed by atoms with Gasteiger partial charge in [-0.3, -0.25) is 0 Å².